The Morgan fingerprint density at radius 1 is 1.41 bits per heavy atom. The van der Waals surface area contributed by atoms with Crippen molar-refractivity contribution < 1.29 is 9.47 Å². The molecule has 4 aliphatic rings. The van der Waals surface area contributed by atoms with E-state index in [0.29, 0.717) is 17.9 Å². The summed E-state index contributed by atoms with van der Waals surface area (Å²) in [5, 5.41) is 3.46. The van der Waals surface area contributed by atoms with Crippen molar-refractivity contribution in [1.82, 2.24) is 4.90 Å². The highest BCUT2D eigenvalue weighted by atomic mass is 16.5. The Hall–Kier alpha value is -2.38. The highest BCUT2D eigenvalue weighted by molar-refractivity contribution is 5.82. The summed E-state index contributed by atoms with van der Waals surface area (Å²) in [5.74, 6) is 5.07. The molecule has 1 aromatic carbocycles. The summed E-state index contributed by atoms with van der Waals surface area (Å²) in [5.41, 5.74) is 3.51. The molecule has 4 aliphatic heterocycles. The van der Waals surface area contributed by atoms with Gasteiger partial charge in [-0.1, -0.05) is 18.1 Å². The van der Waals surface area contributed by atoms with Crippen LogP contribution in [0.5, 0.6) is 5.75 Å². The van der Waals surface area contributed by atoms with E-state index in [1.807, 2.05) is 13.0 Å². The third kappa shape index (κ3) is 3.33. The molecule has 0 aromatic heterocycles. The normalized spacial score (nSPS) is 29.3. The topological polar surface area (TPSA) is 33.7 Å². The lowest BCUT2D eigenvalue weighted by Crippen LogP contribution is -2.57. The molecule has 0 spiro atoms. The zero-order valence-electron chi connectivity index (χ0n) is 16.2. The number of methoxy groups -OCH3 is 1. The van der Waals surface area contributed by atoms with Gasteiger partial charge in [-0.15, -0.1) is 6.58 Å². The molecule has 5 atom stereocenters. The highest BCUT2D eigenvalue weighted by Gasteiger charge is 2.44. The lowest BCUT2D eigenvalue weighted by atomic mass is 9.73. The fraction of sp³-hybridized carbons (Fsp3) is 0.478. The van der Waals surface area contributed by atoms with Crippen molar-refractivity contribution in [2.24, 2.45) is 11.8 Å². The molecular weight excluding hydrogens is 336 g/mol. The fourth-order valence-electron chi connectivity index (χ4n) is 4.86. The van der Waals surface area contributed by atoms with Crippen molar-refractivity contribution in [3.05, 3.63) is 42.5 Å². The van der Waals surface area contributed by atoms with E-state index in [-0.39, 0.29) is 6.10 Å². The first-order valence-corrected chi connectivity index (χ1v) is 9.81. The average molecular weight is 364 g/mol. The zero-order chi connectivity index (χ0) is 18.8. The van der Waals surface area contributed by atoms with Gasteiger partial charge in [0.1, 0.15) is 11.9 Å². The highest BCUT2D eigenvalue weighted by Crippen LogP contribution is 2.43. The predicted octanol–water partition coefficient (Wildman–Crippen LogP) is 3.77. The van der Waals surface area contributed by atoms with Crippen molar-refractivity contribution >= 4 is 11.3 Å². The first kappa shape index (κ1) is 18.0. The number of hydrogen-bond acceptors (Lipinski definition) is 4. The number of fused-ring (bicyclic) bond motifs is 4. The van der Waals surface area contributed by atoms with Crippen LogP contribution in [0.4, 0.5) is 5.69 Å². The van der Waals surface area contributed by atoms with Crippen LogP contribution >= 0.6 is 0 Å². The van der Waals surface area contributed by atoms with Crippen LogP contribution in [0.1, 0.15) is 25.3 Å². The minimum Gasteiger partial charge on any atom is -0.497 e. The van der Waals surface area contributed by atoms with Gasteiger partial charge in [0.05, 0.1) is 13.2 Å². The summed E-state index contributed by atoms with van der Waals surface area (Å²) in [4.78, 5) is 2.58. The number of benzene rings is 1. The molecule has 2 bridgehead atoms. The molecule has 2 unspecified atom stereocenters. The summed E-state index contributed by atoms with van der Waals surface area (Å²) < 4.78 is 11.6. The van der Waals surface area contributed by atoms with E-state index in [1.54, 1.807) is 7.11 Å². The number of anilines is 1. The molecule has 27 heavy (non-hydrogen) atoms. The molecule has 4 heteroatoms. The molecule has 142 valence electrons. The average Bonchev–Trinajstić information content (AvgIpc) is 2.74. The van der Waals surface area contributed by atoms with Crippen molar-refractivity contribution in [3.8, 4) is 17.8 Å². The molecule has 3 fully saturated rings. The van der Waals surface area contributed by atoms with Crippen LogP contribution in [0.15, 0.2) is 36.9 Å². The molecule has 4 heterocycles. The molecule has 1 aromatic rings. The lowest BCUT2D eigenvalue weighted by molar-refractivity contribution is -0.0254. The predicted molar refractivity (Wildman–Crippen MR) is 110 cm³/mol. The molecule has 0 amide bonds. The SMILES string of the molecule is C=C[C@H]1CN2CCC1C[C@H]2[C@H](OC#CC)C1=CCNc2ccc(OC)cc21. The molecule has 4 nitrogen and oxygen atoms in total. The molecule has 3 saturated heterocycles. The van der Waals surface area contributed by atoms with Crippen LogP contribution in [-0.4, -0.2) is 43.8 Å². The Labute approximate surface area is 162 Å². The van der Waals surface area contributed by atoms with Crippen LogP contribution in [0.2, 0.25) is 0 Å². The molecule has 5 rings (SSSR count). The quantitative estimate of drug-likeness (QED) is 0.637. The number of rotatable bonds is 5. The van der Waals surface area contributed by atoms with Crippen molar-refractivity contribution in [1.29, 1.82) is 0 Å². The van der Waals surface area contributed by atoms with E-state index >= 15 is 0 Å². The number of hydrogen-bond donors (Lipinski definition) is 1. The standard InChI is InChI=1S/C23H28N2O2/c1-4-12-27-23(22-13-17-9-11-25(22)15-16(17)5-2)19-8-10-24-21-7-6-18(26-3)14-20(19)21/h5-8,14,16-17,22-24H,2,9-11,13,15H2,1,3H3/t16-,17?,22-,23+/m0/s1. The van der Waals surface area contributed by atoms with E-state index in [1.165, 1.54) is 12.0 Å². The molecule has 0 saturated carbocycles. The summed E-state index contributed by atoms with van der Waals surface area (Å²) in [7, 11) is 1.71. The maximum atomic E-state index is 6.16. The van der Waals surface area contributed by atoms with Gasteiger partial charge in [0.15, 0.2) is 6.10 Å². The first-order chi connectivity index (χ1) is 13.2. The Kier molecular flexibility index (Phi) is 5.13. The van der Waals surface area contributed by atoms with Crippen LogP contribution in [0.3, 0.4) is 0 Å². The second kappa shape index (κ2) is 7.70. The van der Waals surface area contributed by atoms with Gasteiger partial charge in [-0.05, 0) is 49.4 Å². The third-order valence-corrected chi connectivity index (χ3v) is 6.25. The second-order valence-electron chi connectivity index (χ2n) is 7.59. The van der Waals surface area contributed by atoms with Gasteiger partial charge in [-0.25, -0.2) is 0 Å². The number of nitrogens with zero attached hydrogens (tertiary/aromatic N) is 1. The molecule has 0 radical (unpaired) electrons. The van der Waals surface area contributed by atoms with Crippen LogP contribution in [0, 0.1) is 23.9 Å². The van der Waals surface area contributed by atoms with Crippen molar-refractivity contribution in [2.75, 3.05) is 32.1 Å². The second-order valence-corrected chi connectivity index (χ2v) is 7.59. The maximum Gasteiger partial charge on any atom is 0.151 e. The summed E-state index contributed by atoms with van der Waals surface area (Å²) in [6.07, 6.45) is 9.62. The Morgan fingerprint density at radius 3 is 3.00 bits per heavy atom. The number of piperidine rings is 3. The molecule has 1 N–H and O–H groups in total. The molecular formula is C23H28N2O2. The van der Waals surface area contributed by atoms with Gasteiger partial charge < -0.3 is 14.8 Å². The van der Waals surface area contributed by atoms with Crippen molar-refractivity contribution in [3.63, 3.8) is 0 Å². The van der Waals surface area contributed by atoms with Crippen LogP contribution in [-0.2, 0) is 4.74 Å². The molecule has 0 aliphatic carbocycles. The first-order valence-electron chi connectivity index (χ1n) is 9.81. The third-order valence-electron chi connectivity index (χ3n) is 6.25. The van der Waals surface area contributed by atoms with E-state index in [4.69, 9.17) is 9.47 Å². The smallest absolute Gasteiger partial charge is 0.151 e. The van der Waals surface area contributed by atoms with Gasteiger partial charge in [-0.3, -0.25) is 4.90 Å². The largest absolute Gasteiger partial charge is 0.497 e. The number of ether oxygens (including phenoxy) is 2. The van der Waals surface area contributed by atoms with Crippen LogP contribution in [0.25, 0.3) is 5.57 Å². The summed E-state index contributed by atoms with van der Waals surface area (Å²) in [6, 6.07) is 6.54. The van der Waals surface area contributed by atoms with Crippen LogP contribution < -0.4 is 10.1 Å². The monoisotopic (exact) mass is 364 g/mol. The minimum absolute atomic E-state index is 0.0565. The summed E-state index contributed by atoms with van der Waals surface area (Å²) >= 11 is 0. The Morgan fingerprint density at radius 2 is 2.30 bits per heavy atom. The van der Waals surface area contributed by atoms with Gasteiger partial charge in [-0.2, -0.15) is 0 Å². The maximum absolute atomic E-state index is 6.16. The van der Waals surface area contributed by atoms with Gasteiger partial charge in [0, 0.05) is 36.8 Å². The van der Waals surface area contributed by atoms with E-state index < -0.39 is 0 Å². The fourth-order valence-corrected chi connectivity index (χ4v) is 4.86. The summed E-state index contributed by atoms with van der Waals surface area (Å²) in [6.45, 7) is 8.89. The number of nitrogens with one attached hydrogen (secondary N) is 1. The van der Waals surface area contributed by atoms with Gasteiger partial charge in [0.25, 0.3) is 0 Å². The zero-order valence-corrected chi connectivity index (χ0v) is 16.2. The van der Waals surface area contributed by atoms with Crippen molar-refractivity contribution in [2.45, 2.75) is 31.9 Å². The Balaban J connectivity index is 1.69. The van der Waals surface area contributed by atoms with E-state index in [9.17, 15) is 0 Å². The van der Waals surface area contributed by atoms with E-state index in [0.717, 1.165) is 43.1 Å². The minimum atomic E-state index is -0.0565. The Bertz CT molecular complexity index is 804. The lowest BCUT2D eigenvalue weighted by Gasteiger charge is -2.51. The van der Waals surface area contributed by atoms with E-state index in [2.05, 4.69) is 53.1 Å². The van der Waals surface area contributed by atoms with Gasteiger partial charge in [0.2, 0.25) is 0 Å². The van der Waals surface area contributed by atoms with Gasteiger partial charge >= 0.3 is 0 Å².